The Hall–Kier alpha value is -2.99. The number of sulfone groups is 1. The molecule has 2 aliphatic rings. The number of aliphatic hydroxyl groups is 1. The number of esters is 1. The van der Waals surface area contributed by atoms with Crippen molar-refractivity contribution in [3.8, 4) is 0 Å². The molecular weight excluding hydrogens is 554 g/mol. The molecule has 1 unspecified atom stereocenters. The van der Waals surface area contributed by atoms with Gasteiger partial charge in [0.25, 0.3) is 0 Å². The maximum atomic E-state index is 14.1. The molecule has 2 fully saturated rings. The van der Waals surface area contributed by atoms with E-state index in [2.05, 4.69) is 0 Å². The molecule has 0 bridgehead atoms. The number of nitrogens with zero attached hydrogens (tertiary/aromatic N) is 1. The molecule has 1 amide bonds. The molecule has 1 heterocycles. The minimum Gasteiger partial charge on any atom is -0.469 e. The fraction of sp³-hybridized carbons (Fsp3) is 0.500. The Bertz CT molecular complexity index is 1350. The van der Waals surface area contributed by atoms with Gasteiger partial charge < -0.3 is 14.7 Å². The van der Waals surface area contributed by atoms with Crippen LogP contribution in [0.3, 0.4) is 0 Å². The number of likely N-dealkylation sites (tertiary alicyclic amines) is 1. The first-order valence-corrected chi connectivity index (χ1v) is 14.4. The van der Waals surface area contributed by atoms with Crippen molar-refractivity contribution in [3.05, 3.63) is 65.5 Å². The third kappa shape index (κ3) is 5.23. The minimum atomic E-state index is -4.96. The van der Waals surface area contributed by atoms with E-state index in [1.54, 1.807) is 0 Å². The molecule has 7 nitrogen and oxygen atoms in total. The molecule has 4 rings (SSSR count). The van der Waals surface area contributed by atoms with Gasteiger partial charge in [0.15, 0.2) is 15.4 Å². The molecule has 1 N–H and O–H groups in total. The van der Waals surface area contributed by atoms with Crippen LogP contribution in [0.4, 0.5) is 17.6 Å². The summed E-state index contributed by atoms with van der Waals surface area (Å²) in [5.41, 5.74) is -3.47. The van der Waals surface area contributed by atoms with Gasteiger partial charge in [-0.2, -0.15) is 13.2 Å². The van der Waals surface area contributed by atoms with Crippen LogP contribution in [0.1, 0.15) is 50.2 Å². The second-order valence-corrected chi connectivity index (χ2v) is 12.9. The largest absolute Gasteiger partial charge is 0.469 e. The van der Waals surface area contributed by atoms with Crippen molar-refractivity contribution in [2.45, 2.75) is 60.4 Å². The molecule has 0 aromatic heterocycles. The maximum absolute atomic E-state index is 14.1. The van der Waals surface area contributed by atoms with Crippen LogP contribution in [0.2, 0.25) is 0 Å². The lowest BCUT2D eigenvalue weighted by Crippen LogP contribution is -2.43. The fourth-order valence-corrected chi connectivity index (χ4v) is 7.76. The lowest BCUT2D eigenvalue weighted by Gasteiger charge is -2.33. The quantitative estimate of drug-likeness (QED) is 0.305. The number of halogens is 4. The molecule has 12 heteroatoms. The zero-order chi connectivity index (χ0) is 29.5. The van der Waals surface area contributed by atoms with Crippen LogP contribution >= 0.6 is 0 Å². The molecule has 1 saturated heterocycles. The van der Waals surface area contributed by atoms with Crippen molar-refractivity contribution in [2.24, 2.45) is 11.8 Å². The van der Waals surface area contributed by atoms with E-state index in [4.69, 9.17) is 4.74 Å². The van der Waals surface area contributed by atoms with Crippen molar-refractivity contribution >= 4 is 21.7 Å². The summed E-state index contributed by atoms with van der Waals surface area (Å²) >= 11 is 0. The normalized spacial score (nSPS) is 25.3. The maximum Gasteiger partial charge on any atom is 0.421 e. The third-order valence-corrected chi connectivity index (χ3v) is 10.8. The predicted molar refractivity (Wildman–Crippen MR) is 136 cm³/mol. The first kappa shape index (κ1) is 30.0. The van der Waals surface area contributed by atoms with Gasteiger partial charge in [0.1, 0.15) is 10.6 Å². The van der Waals surface area contributed by atoms with Crippen LogP contribution in [-0.4, -0.2) is 56.7 Å². The SMILES string of the molecule is COC(=O)C1CCC(C(=O)N2CC[C@](c3ccc(C(C)(O)C(F)(F)F)cc3)(S(=O)(=O)c3ccc(F)cc3)C2)CC1. The van der Waals surface area contributed by atoms with Crippen molar-refractivity contribution < 1.29 is 45.4 Å². The second-order valence-electron chi connectivity index (χ2n) is 10.7. The van der Waals surface area contributed by atoms with E-state index in [0.29, 0.717) is 32.6 Å². The number of carbonyl (C=O) groups excluding carboxylic acids is 2. The van der Waals surface area contributed by atoms with E-state index < -0.39 is 43.7 Å². The van der Waals surface area contributed by atoms with Gasteiger partial charge in [-0.25, -0.2) is 12.8 Å². The number of alkyl halides is 3. The van der Waals surface area contributed by atoms with Crippen molar-refractivity contribution in [1.29, 1.82) is 0 Å². The van der Waals surface area contributed by atoms with Gasteiger partial charge >= 0.3 is 12.1 Å². The Kier molecular flexibility index (Phi) is 8.07. The van der Waals surface area contributed by atoms with E-state index in [9.17, 15) is 40.7 Å². The summed E-state index contributed by atoms with van der Waals surface area (Å²) in [5, 5.41) is 10.1. The van der Waals surface area contributed by atoms with E-state index in [0.717, 1.165) is 36.4 Å². The molecule has 1 saturated carbocycles. The van der Waals surface area contributed by atoms with Crippen LogP contribution in [0.5, 0.6) is 0 Å². The van der Waals surface area contributed by atoms with E-state index in [-0.39, 0.29) is 47.8 Å². The van der Waals surface area contributed by atoms with Crippen LogP contribution < -0.4 is 0 Å². The van der Waals surface area contributed by atoms with Gasteiger partial charge in [0, 0.05) is 19.0 Å². The summed E-state index contributed by atoms with van der Waals surface area (Å²) in [6, 6.07) is 8.76. The van der Waals surface area contributed by atoms with E-state index >= 15 is 0 Å². The third-order valence-electron chi connectivity index (χ3n) is 8.32. The lowest BCUT2D eigenvalue weighted by atomic mass is 9.81. The summed E-state index contributed by atoms with van der Waals surface area (Å²) in [4.78, 5) is 26.6. The molecule has 1 aliphatic heterocycles. The van der Waals surface area contributed by atoms with E-state index in [1.807, 2.05) is 0 Å². The minimum absolute atomic E-state index is 0.0367. The summed E-state index contributed by atoms with van der Waals surface area (Å²) < 4.78 is 85.0. The number of benzene rings is 2. The smallest absolute Gasteiger partial charge is 0.421 e. The van der Waals surface area contributed by atoms with Crippen LogP contribution in [0, 0.1) is 17.7 Å². The fourth-order valence-electron chi connectivity index (χ4n) is 5.68. The molecule has 2 aromatic carbocycles. The summed E-state index contributed by atoms with van der Waals surface area (Å²) in [6.07, 6.45) is -3.18. The zero-order valence-electron chi connectivity index (χ0n) is 22.1. The van der Waals surface area contributed by atoms with Crippen LogP contribution in [0.15, 0.2) is 53.4 Å². The molecule has 0 spiro atoms. The second kappa shape index (κ2) is 10.8. The first-order chi connectivity index (χ1) is 18.6. The van der Waals surface area contributed by atoms with Gasteiger partial charge in [-0.3, -0.25) is 9.59 Å². The molecule has 218 valence electrons. The summed E-state index contributed by atoms with van der Waals surface area (Å²) in [6.45, 7) is 0.438. The van der Waals surface area contributed by atoms with Crippen molar-refractivity contribution in [2.75, 3.05) is 20.2 Å². The van der Waals surface area contributed by atoms with Gasteiger partial charge in [0.05, 0.1) is 17.9 Å². The Morgan fingerprint density at radius 1 is 0.975 bits per heavy atom. The number of amides is 1. The van der Waals surface area contributed by atoms with Gasteiger partial charge in [-0.1, -0.05) is 24.3 Å². The standard InChI is InChI=1S/C28H31F4NO6S/c1-26(36,28(30,31)32)20-7-9-21(10-8-20)27(40(37,38)23-13-11-22(29)12-14-23)15-16-33(17-27)24(34)18-3-5-19(6-4-18)25(35)39-2/h7-14,18-19,36H,3-6,15-17H2,1-2H3/t18?,19?,26?,27-/m0/s1. The van der Waals surface area contributed by atoms with Gasteiger partial charge in [-0.05, 0) is 74.4 Å². The summed E-state index contributed by atoms with van der Waals surface area (Å²) in [7, 11) is -2.97. The van der Waals surface area contributed by atoms with Gasteiger partial charge in [-0.15, -0.1) is 0 Å². The molecular formula is C28H31F4NO6S. The zero-order valence-corrected chi connectivity index (χ0v) is 22.9. The highest BCUT2D eigenvalue weighted by molar-refractivity contribution is 7.92. The predicted octanol–water partition coefficient (Wildman–Crippen LogP) is 4.48. The van der Waals surface area contributed by atoms with Crippen LogP contribution in [-0.2, 0) is 34.5 Å². The molecule has 40 heavy (non-hydrogen) atoms. The number of hydrogen-bond donors (Lipinski definition) is 1. The Morgan fingerprint density at radius 2 is 1.52 bits per heavy atom. The molecule has 0 radical (unpaired) electrons. The number of carbonyl (C=O) groups is 2. The number of rotatable bonds is 6. The first-order valence-electron chi connectivity index (χ1n) is 12.9. The van der Waals surface area contributed by atoms with Crippen molar-refractivity contribution in [3.63, 3.8) is 0 Å². The number of hydrogen-bond acceptors (Lipinski definition) is 6. The van der Waals surface area contributed by atoms with E-state index in [1.165, 1.54) is 24.1 Å². The van der Waals surface area contributed by atoms with Crippen LogP contribution in [0.25, 0.3) is 0 Å². The highest BCUT2D eigenvalue weighted by Gasteiger charge is 2.54. The Balaban J connectivity index is 1.68. The highest BCUT2D eigenvalue weighted by Crippen LogP contribution is 2.46. The van der Waals surface area contributed by atoms with Crippen molar-refractivity contribution in [1.82, 2.24) is 4.90 Å². The monoisotopic (exact) mass is 585 g/mol. The topological polar surface area (TPSA) is 101 Å². The number of methoxy groups -OCH3 is 1. The molecule has 2 aromatic rings. The Morgan fingerprint density at radius 3 is 2.05 bits per heavy atom. The summed E-state index contributed by atoms with van der Waals surface area (Å²) in [5.74, 6) is -1.93. The lowest BCUT2D eigenvalue weighted by molar-refractivity contribution is -0.258. The Labute approximate surface area is 230 Å². The molecule has 1 aliphatic carbocycles. The van der Waals surface area contributed by atoms with Gasteiger partial charge in [0.2, 0.25) is 5.91 Å². The average molecular weight is 586 g/mol. The number of ether oxygens (including phenoxy) is 1. The highest BCUT2D eigenvalue weighted by atomic mass is 32.2. The average Bonchev–Trinajstić information content (AvgIpc) is 3.39. The molecule has 2 atom stereocenters.